The fourth-order valence-corrected chi connectivity index (χ4v) is 9.80. The Morgan fingerprint density at radius 1 is 0.348 bits per heavy atom. The Kier molecular flexibility index (Phi) is 36.1. The van der Waals surface area contributed by atoms with Crippen molar-refractivity contribution in [1.29, 1.82) is 0 Å². The van der Waals surface area contributed by atoms with Gasteiger partial charge in [0.1, 0.15) is 40.1 Å². The molecule has 6 aromatic rings. The van der Waals surface area contributed by atoms with Crippen molar-refractivity contribution in [3.05, 3.63) is 159 Å². The molecule has 6 rings (SSSR count). The molecule has 30 nitrogen and oxygen atoms in total. The van der Waals surface area contributed by atoms with E-state index in [9.17, 15) is 61.1 Å². The van der Waals surface area contributed by atoms with Crippen molar-refractivity contribution in [3.63, 3.8) is 0 Å². The molecular weight excluding hydrogens is 1470 g/mol. The third kappa shape index (κ3) is 30.7. The first-order valence-corrected chi connectivity index (χ1v) is 35.2. The fourth-order valence-electron chi connectivity index (χ4n) is 9.80. The number of alkyl halides is 3. The maximum Gasteiger partial charge on any atom is 0.471 e. The highest BCUT2D eigenvalue weighted by Crippen LogP contribution is 2.29. The molecule has 1 N–H and O–H groups in total. The van der Waals surface area contributed by atoms with Crippen LogP contribution in [0, 0.1) is 35.5 Å². The number of carbonyl (C=O) groups is 10. The van der Waals surface area contributed by atoms with Crippen LogP contribution >= 0.6 is 0 Å². The topological polar surface area (TPSA) is 357 Å². The van der Waals surface area contributed by atoms with E-state index in [0.29, 0.717) is 0 Å². The molecule has 0 bridgehead atoms. The van der Waals surface area contributed by atoms with Gasteiger partial charge in [-0.2, -0.15) is 13.2 Å². The molecule has 112 heavy (non-hydrogen) atoms. The quantitative estimate of drug-likeness (QED) is 0.0219. The summed E-state index contributed by atoms with van der Waals surface area (Å²) < 4.78 is 116. The lowest BCUT2D eigenvalue weighted by Crippen LogP contribution is -2.32. The predicted octanol–water partition coefficient (Wildman–Crippen LogP) is 7.77. The lowest BCUT2D eigenvalue weighted by atomic mass is 10.1. The van der Waals surface area contributed by atoms with Crippen molar-refractivity contribution < 1.29 is 127 Å². The number of benzene rings is 3. The van der Waals surface area contributed by atoms with Gasteiger partial charge in [0.2, 0.25) is 0 Å². The molecule has 0 aliphatic carbocycles. The van der Waals surface area contributed by atoms with Gasteiger partial charge in [0.05, 0.1) is 112 Å². The average molecular weight is 1560 g/mol. The highest BCUT2D eigenvalue weighted by molar-refractivity contribution is 5.95. The molecule has 0 saturated heterocycles. The van der Waals surface area contributed by atoms with Crippen LogP contribution in [0.2, 0.25) is 0 Å². The van der Waals surface area contributed by atoms with Crippen LogP contribution in [0.3, 0.4) is 0 Å². The highest BCUT2D eigenvalue weighted by Gasteiger charge is 2.39. The first-order valence-electron chi connectivity index (χ1n) is 35.2. The van der Waals surface area contributed by atoms with E-state index >= 15 is 0 Å². The summed E-state index contributed by atoms with van der Waals surface area (Å²) >= 11 is 0. The Balaban J connectivity index is 1.53. The SMILES string of the molecule is CCOC(=O)COc1ccc(C#Cc2cc(CN(CC(=O)OCC)Cc3cc(C#Cc4ccc(NC(=O)C(F)(F)F)cc4OCC(=O)OCC)cc(CN(CC(=O)OCC)Cc4cc(C#Cc5ccc(OCC(=O)OCC)cc5OCC(=O)OCC)cc(C(=O)OCC)n4)n3)nc(C(=O)OCC)c2)c(OCC(=O)OCC)c1. The molecule has 0 aliphatic rings. The van der Waals surface area contributed by atoms with Gasteiger partial charge in [0.25, 0.3) is 0 Å². The van der Waals surface area contributed by atoms with Gasteiger partial charge in [0.15, 0.2) is 33.0 Å². The Bertz CT molecular complexity index is 4310. The molecule has 0 unspecified atom stereocenters. The summed E-state index contributed by atoms with van der Waals surface area (Å²) in [4.78, 5) is 146. The highest BCUT2D eigenvalue weighted by atomic mass is 19.4. The lowest BCUT2D eigenvalue weighted by Gasteiger charge is -2.23. The summed E-state index contributed by atoms with van der Waals surface area (Å²) in [5.41, 5.74) is 0.915. The normalized spacial score (nSPS) is 10.6. The maximum absolute atomic E-state index is 13.7. The minimum Gasteiger partial charge on any atom is -0.482 e. The van der Waals surface area contributed by atoms with E-state index in [-0.39, 0.29) is 188 Å². The molecule has 0 atom stereocenters. The van der Waals surface area contributed by atoms with Crippen LogP contribution in [0.25, 0.3) is 0 Å². The van der Waals surface area contributed by atoms with Crippen molar-refractivity contribution >= 4 is 65.3 Å². The van der Waals surface area contributed by atoms with Crippen LogP contribution in [-0.4, -0.2) is 196 Å². The number of hydrogen-bond donors (Lipinski definition) is 1. The standard InChI is InChI=1S/C79H83F3N6O24/c1-10-99-69(89)44-87(42-60-33-52(35-64(84-60)76(96)106-17-8)20-23-55-26-29-62(108-46-71(91)101-12-3)38-67(55)111-49-74(94)104-15-6)40-58-31-51(19-22-54-25-28-57(86-78(98)79(80,81)82)37-66(54)110-48-73(93)103-14-5)32-59(83-58)41-88(45-70(90)100-11-2)43-61-34-53(36-65(85-61)77(97)107-18-9)21-24-56-27-30-63(109-47-72(92)102-13-4)39-68(56)112-50-75(95)105-16-7/h25-39H,10-18,40-50H2,1-9H3,(H,86,98). The number of hydrogen-bond acceptors (Lipinski definition) is 29. The number of carbonyl (C=O) groups excluding carboxylic acids is 10. The molecular formula is C79H83F3N6O24. The van der Waals surface area contributed by atoms with Crippen molar-refractivity contribution in [3.8, 4) is 64.3 Å². The van der Waals surface area contributed by atoms with Gasteiger partial charge in [-0.05, 0) is 135 Å². The molecule has 0 aliphatic heterocycles. The van der Waals surface area contributed by atoms with E-state index in [4.69, 9.17) is 71.3 Å². The Morgan fingerprint density at radius 2 is 0.643 bits per heavy atom. The summed E-state index contributed by atoms with van der Waals surface area (Å²) in [6.07, 6.45) is -5.28. The van der Waals surface area contributed by atoms with Crippen molar-refractivity contribution in [1.82, 2.24) is 24.8 Å². The lowest BCUT2D eigenvalue weighted by molar-refractivity contribution is -0.167. The second-order valence-electron chi connectivity index (χ2n) is 22.8. The Hall–Kier alpha value is -12.8. The van der Waals surface area contributed by atoms with E-state index in [0.717, 1.165) is 12.1 Å². The van der Waals surface area contributed by atoms with E-state index in [1.54, 1.807) is 77.4 Å². The predicted molar refractivity (Wildman–Crippen MR) is 389 cm³/mol. The molecule has 0 spiro atoms. The summed E-state index contributed by atoms with van der Waals surface area (Å²) in [5, 5.41) is 1.75. The zero-order chi connectivity index (χ0) is 81.5. The number of halogens is 3. The van der Waals surface area contributed by atoms with Crippen molar-refractivity contribution in [2.24, 2.45) is 0 Å². The number of anilines is 1. The molecule has 0 fully saturated rings. The van der Waals surface area contributed by atoms with E-state index in [2.05, 4.69) is 45.5 Å². The van der Waals surface area contributed by atoms with Crippen LogP contribution < -0.4 is 29.0 Å². The zero-order valence-corrected chi connectivity index (χ0v) is 63.0. The fraction of sp³-hybridized carbons (Fsp3) is 0.380. The minimum atomic E-state index is -5.28. The molecule has 3 aromatic heterocycles. The molecule has 1 amide bonds. The van der Waals surface area contributed by atoms with Gasteiger partial charge in [-0.3, -0.25) is 29.2 Å². The number of aromatic nitrogens is 3. The van der Waals surface area contributed by atoms with E-state index in [1.165, 1.54) is 78.9 Å². The molecule has 594 valence electrons. The molecule has 0 saturated carbocycles. The van der Waals surface area contributed by atoms with Gasteiger partial charge < -0.3 is 71.6 Å². The van der Waals surface area contributed by atoms with E-state index in [1.807, 2.05) is 0 Å². The summed E-state index contributed by atoms with van der Waals surface area (Å²) in [6, 6.07) is 21.1. The number of nitrogens with one attached hydrogen (secondary N) is 1. The summed E-state index contributed by atoms with van der Waals surface area (Å²) in [7, 11) is 0. The number of pyridine rings is 3. The van der Waals surface area contributed by atoms with Gasteiger partial charge >= 0.3 is 65.8 Å². The minimum absolute atomic E-state index is 0.00464. The van der Waals surface area contributed by atoms with Crippen molar-refractivity contribution in [2.45, 2.75) is 94.7 Å². The monoisotopic (exact) mass is 1560 g/mol. The van der Waals surface area contributed by atoms with Crippen LogP contribution in [0.15, 0.2) is 91.0 Å². The van der Waals surface area contributed by atoms with Crippen LogP contribution in [0.4, 0.5) is 18.9 Å². The number of nitrogens with zero attached hydrogens (tertiary/aromatic N) is 5. The second kappa shape index (κ2) is 45.9. The molecule has 33 heteroatoms. The summed E-state index contributed by atoms with van der Waals surface area (Å²) in [6.45, 7) is 10.0. The van der Waals surface area contributed by atoms with Gasteiger partial charge in [0, 0.05) is 66.8 Å². The van der Waals surface area contributed by atoms with E-state index < -0.39 is 112 Å². The smallest absolute Gasteiger partial charge is 0.471 e. The first kappa shape index (κ1) is 88.1. The Morgan fingerprint density at radius 3 is 0.973 bits per heavy atom. The Labute approximate surface area is 643 Å². The van der Waals surface area contributed by atoms with Gasteiger partial charge in [-0.25, -0.2) is 43.5 Å². The molecule has 0 radical (unpaired) electrons. The summed E-state index contributed by atoms with van der Waals surface area (Å²) in [5.74, 6) is 9.19. The van der Waals surface area contributed by atoms with Crippen LogP contribution in [0.5, 0.6) is 28.7 Å². The number of rotatable bonds is 39. The van der Waals surface area contributed by atoms with Crippen molar-refractivity contribution in [2.75, 3.05) is 111 Å². The maximum atomic E-state index is 13.7. The van der Waals surface area contributed by atoms with Crippen LogP contribution in [-0.2, 0) is 107 Å². The third-order valence-electron chi connectivity index (χ3n) is 14.2. The number of amides is 1. The average Bonchev–Trinajstić information content (AvgIpc) is 0.831. The number of ether oxygens (including phenoxy) is 14. The third-order valence-corrected chi connectivity index (χ3v) is 14.2. The zero-order valence-electron chi connectivity index (χ0n) is 63.0. The molecule has 3 aromatic carbocycles. The van der Waals surface area contributed by atoms with Gasteiger partial charge in [-0.15, -0.1) is 0 Å². The molecule has 3 heterocycles. The van der Waals surface area contributed by atoms with Gasteiger partial charge in [-0.1, -0.05) is 35.5 Å². The first-order chi connectivity index (χ1) is 53.8. The largest absolute Gasteiger partial charge is 0.482 e. The number of esters is 9. The van der Waals surface area contributed by atoms with Crippen LogP contribution in [0.1, 0.15) is 139 Å². The second-order valence-corrected chi connectivity index (χ2v) is 22.8.